The van der Waals surface area contributed by atoms with Crippen molar-refractivity contribution in [2.75, 3.05) is 0 Å². The van der Waals surface area contributed by atoms with Gasteiger partial charge in [-0.25, -0.2) is 0 Å². The van der Waals surface area contributed by atoms with Gasteiger partial charge in [-0.15, -0.1) is 0 Å². The van der Waals surface area contributed by atoms with Crippen molar-refractivity contribution in [1.29, 1.82) is 10.5 Å². The molecule has 0 N–H and O–H groups in total. The van der Waals surface area contributed by atoms with Crippen LogP contribution in [0.25, 0.3) is 0 Å². The number of halogens is 2. The quantitative estimate of drug-likeness (QED) is 0.642. The highest BCUT2D eigenvalue weighted by atomic mass is 79.9. The second-order valence-electron chi connectivity index (χ2n) is 3.81. The van der Waals surface area contributed by atoms with Crippen molar-refractivity contribution in [1.82, 2.24) is 0 Å². The van der Waals surface area contributed by atoms with Gasteiger partial charge in [-0.1, -0.05) is 44.0 Å². The maximum atomic E-state index is 9.02. The van der Waals surface area contributed by atoms with E-state index in [4.69, 9.17) is 10.5 Å². The first-order valence-electron chi connectivity index (χ1n) is 4.69. The highest BCUT2D eigenvalue weighted by Crippen LogP contribution is 2.44. The Morgan fingerprint density at radius 1 is 1.00 bits per heavy atom. The predicted molar refractivity (Wildman–Crippen MR) is 64.4 cm³/mol. The van der Waals surface area contributed by atoms with Gasteiger partial charge >= 0.3 is 0 Å². The van der Waals surface area contributed by atoms with E-state index in [0.717, 1.165) is 17.6 Å². The minimum atomic E-state index is 0.120. The molecule has 2 aliphatic rings. The Balaban J connectivity index is 2.42. The monoisotopic (exact) mass is 326 g/mol. The molecule has 2 bridgehead atoms. The Morgan fingerprint density at radius 2 is 1.40 bits per heavy atom. The molecule has 0 saturated carbocycles. The number of rotatable bonds is 0. The van der Waals surface area contributed by atoms with Gasteiger partial charge in [-0.2, -0.15) is 10.5 Å². The van der Waals surface area contributed by atoms with Gasteiger partial charge in [0.05, 0.1) is 12.1 Å². The third-order valence-corrected chi connectivity index (χ3v) is 4.82. The molecule has 0 fully saturated rings. The van der Waals surface area contributed by atoms with Crippen LogP contribution in [0.3, 0.4) is 0 Å². The highest BCUT2D eigenvalue weighted by molar-refractivity contribution is 9.10. The molecule has 4 atom stereocenters. The fourth-order valence-corrected chi connectivity index (χ4v) is 3.76. The summed E-state index contributed by atoms with van der Waals surface area (Å²) in [6, 6.07) is 4.48. The van der Waals surface area contributed by atoms with Gasteiger partial charge in [-0.3, -0.25) is 0 Å². The van der Waals surface area contributed by atoms with Crippen LogP contribution in [0, 0.1) is 34.5 Å². The number of nitrogens with zero attached hydrogens (tertiary/aromatic N) is 2. The number of alkyl halides is 2. The standard InChI is InChI=1S/C11H8Br2N2/c12-10-1-6(4-14)8-3-9(10)7(5-15)2-11(8)13/h1-2,8-11H,3H2/t8-,9+,10-,11-/m0/s1. The summed E-state index contributed by atoms with van der Waals surface area (Å²) in [4.78, 5) is 0.239. The largest absolute Gasteiger partial charge is 0.193 e. The van der Waals surface area contributed by atoms with E-state index < -0.39 is 0 Å². The van der Waals surface area contributed by atoms with E-state index in [-0.39, 0.29) is 21.5 Å². The summed E-state index contributed by atoms with van der Waals surface area (Å²) >= 11 is 7.05. The van der Waals surface area contributed by atoms with Gasteiger partial charge in [-0.05, 0) is 6.42 Å². The zero-order valence-corrected chi connectivity index (χ0v) is 11.0. The molecule has 0 aromatic heterocycles. The molecule has 0 spiro atoms. The van der Waals surface area contributed by atoms with Gasteiger partial charge in [0.25, 0.3) is 0 Å². The van der Waals surface area contributed by atoms with Crippen molar-refractivity contribution >= 4 is 31.9 Å². The smallest absolute Gasteiger partial charge is 0.0947 e. The van der Waals surface area contributed by atoms with Crippen LogP contribution in [0.2, 0.25) is 0 Å². The third-order valence-electron chi connectivity index (χ3n) is 3.01. The van der Waals surface area contributed by atoms with E-state index in [2.05, 4.69) is 44.0 Å². The first-order chi connectivity index (χ1) is 7.17. The second kappa shape index (κ2) is 4.12. The minimum Gasteiger partial charge on any atom is -0.193 e. The number of hydrogen-bond donors (Lipinski definition) is 0. The number of fused-ring (bicyclic) bond motifs is 2. The summed E-state index contributed by atoms with van der Waals surface area (Å²) in [6.07, 6.45) is 4.76. The van der Waals surface area contributed by atoms with Crippen LogP contribution < -0.4 is 0 Å². The predicted octanol–water partition coefficient (Wildman–Crippen LogP) is 3.06. The Labute approximate surface area is 106 Å². The lowest BCUT2D eigenvalue weighted by molar-refractivity contribution is 0.437. The summed E-state index contributed by atoms with van der Waals surface area (Å²) in [5.41, 5.74) is 1.64. The van der Waals surface area contributed by atoms with Crippen LogP contribution in [0.1, 0.15) is 6.42 Å². The summed E-state index contributed by atoms with van der Waals surface area (Å²) in [5.74, 6) is 0.455. The van der Waals surface area contributed by atoms with Crippen molar-refractivity contribution in [3.05, 3.63) is 23.3 Å². The van der Waals surface area contributed by atoms with Crippen LogP contribution in [0.4, 0.5) is 0 Å². The molecule has 0 saturated heterocycles. The molecular formula is C11H8Br2N2. The zero-order chi connectivity index (χ0) is 11.0. The van der Waals surface area contributed by atoms with Gasteiger partial charge < -0.3 is 0 Å². The fraction of sp³-hybridized carbons (Fsp3) is 0.455. The summed E-state index contributed by atoms with van der Waals surface area (Å²) in [7, 11) is 0. The molecule has 2 nitrogen and oxygen atoms in total. The molecule has 0 aliphatic heterocycles. The summed E-state index contributed by atoms with van der Waals surface area (Å²) in [6.45, 7) is 0. The topological polar surface area (TPSA) is 47.6 Å². The van der Waals surface area contributed by atoms with Gasteiger partial charge in [0.2, 0.25) is 0 Å². The van der Waals surface area contributed by atoms with Crippen LogP contribution in [-0.4, -0.2) is 9.65 Å². The summed E-state index contributed by atoms with van der Waals surface area (Å²) in [5, 5.41) is 18.0. The molecule has 0 radical (unpaired) electrons. The van der Waals surface area contributed by atoms with Crippen molar-refractivity contribution < 1.29 is 0 Å². The van der Waals surface area contributed by atoms with E-state index in [9.17, 15) is 0 Å². The minimum absolute atomic E-state index is 0.120. The molecule has 0 unspecified atom stereocenters. The normalized spacial score (nSPS) is 38.4. The van der Waals surface area contributed by atoms with Gasteiger partial charge in [0.15, 0.2) is 0 Å². The van der Waals surface area contributed by atoms with Crippen molar-refractivity contribution in [3.8, 4) is 12.1 Å². The molecule has 0 aromatic carbocycles. The summed E-state index contributed by atoms with van der Waals surface area (Å²) < 4.78 is 0. The lowest BCUT2D eigenvalue weighted by Gasteiger charge is -2.36. The number of allylic oxidation sites excluding steroid dienone is 4. The molecule has 76 valence electrons. The fourth-order valence-electron chi connectivity index (χ4n) is 2.19. The number of hydrogen-bond acceptors (Lipinski definition) is 2. The second-order valence-corrected chi connectivity index (χ2v) is 5.92. The molecule has 4 heteroatoms. The van der Waals surface area contributed by atoms with E-state index in [1.807, 2.05) is 12.2 Å². The third kappa shape index (κ3) is 1.77. The van der Waals surface area contributed by atoms with Crippen LogP contribution in [-0.2, 0) is 0 Å². The highest BCUT2D eigenvalue weighted by Gasteiger charge is 2.38. The van der Waals surface area contributed by atoms with Crippen molar-refractivity contribution in [2.24, 2.45) is 11.8 Å². The van der Waals surface area contributed by atoms with E-state index in [1.54, 1.807) is 0 Å². The first kappa shape index (κ1) is 10.9. The van der Waals surface area contributed by atoms with Gasteiger partial charge in [0.1, 0.15) is 0 Å². The first-order valence-corrected chi connectivity index (χ1v) is 6.52. The van der Waals surface area contributed by atoms with Gasteiger partial charge in [0, 0.05) is 32.6 Å². The molecule has 2 rings (SSSR count). The Morgan fingerprint density at radius 3 is 1.73 bits per heavy atom. The van der Waals surface area contributed by atoms with E-state index >= 15 is 0 Å². The van der Waals surface area contributed by atoms with E-state index in [1.165, 1.54) is 0 Å². The Kier molecular flexibility index (Phi) is 3.00. The average molecular weight is 328 g/mol. The molecule has 0 aromatic rings. The number of nitriles is 2. The maximum Gasteiger partial charge on any atom is 0.0947 e. The Hall–Kier alpha value is -0.580. The van der Waals surface area contributed by atoms with Crippen LogP contribution in [0.15, 0.2) is 23.3 Å². The SMILES string of the molecule is N#CC1=C[C@H](Br)[C@H]2C[C@H]1[C@@H](Br)C=C2C#N. The van der Waals surface area contributed by atoms with Crippen molar-refractivity contribution in [3.63, 3.8) is 0 Å². The lowest BCUT2D eigenvalue weighted by atomic mass is 9.72. The molecular weight excluding hydrogens is 320 g/mol. The lowest BCUT2D eigenvalue weighted by Crippen LogP contribution is -2.33. The Bertz CT molecular complexity index is 385. The maximum absolute atomic E-state index is 9.02. The molecule has 2 aliphatic carbocycles. The zero-order valence-electron chi connectivity index (χ0n) is 7.82. The van der Waals surface area contributed by atoms with Crippen LogP contribution >= 0.6 is 31.9 Å². The molecule has 15 heavy (non-hydrogen) atoms. The van der Waals surface area contributed by atoms with Crippen LogP contribution in [0.5, 0.6) is 0 Å². The average Bonchev–Trinajstić information content (AvgIpc) is 2.25. The molecule has 0 heterocycles. The van der Waals surface area contributed by atoms with E-state index in [0.29, 0.717) is 0 Å². The molecule has 0 amide bonds. The van der Waals surface area contributed by atoms with Crippen molar-refractivity contribution in [2.45, 2.75) is 16.1 Å².